The quantitative estimate of drug-likeness (QED) is 0.907. The van der Waals surface area contributed by atoms with Gasteiger partial charge < -0.3 is 10.6 Å². The van der Waals surface area contributed by atoms with Gasteiger partial charge >= 0.3 is 0 Å². The number of anilines is 1. The number of pyridine rings is 2. The summed E-state index contributed by atoms with van der Waals surface area (Å²) in [5, 5.41) is 7.81. The summed E-state index contributed by atoms with van der Waals surface area (Å²) in [7, 11) is 0. The molecule has 1 fully saturated rings. The van der Waals surface area contributed by atoms with Gasteiger partial charge in [0.1, 0.15) is 10.1 Å². The maximum Gasteiger partial charge on any atom is 0.241 e. The van der Waals surface area contributed by atoms with E-state index in [-0.39, 0.29) is 11.9 Å². The predicted octanol–water partition coefficient (Wildman–Crippen LogP) is 2.32. The first-order valence-corrected chi connectivity index (χ1v) is 7.72. The number of nitrogens with zero attached hydrogens (tertiary/aromatic N) is 2. The van der Waals surface area contributed by atoms with E-state index in [4.69, 9.17) is 0 Å². The number of hydrogen-bond donors (Lipinski definition) is 2. The molecule has 2 aromatic rings. The lowest BCUT2D eigenvalue weighted by molar-refractivity contribution is -0.117. The summed E-state index contributed by atoms with van der Waals surface area (Å²) < 4.78 is 0. The lowest BCUT2D eigenvalue weighted by atomic mass is 10.2. The van der Waals surface area contributed by atoms with Gasteiger partial charge in [-0.1, -0.05) is 17.8 Å². The maximum absolute atomic E-state index is 12.1. The lowest BCUT2D eigenvalue weighted by Gasteiger charge is -2.11. The van der Waals surface area contributed by atoms with Crippen LogP contribution < -0.4 is 10.6 Å². The Morgan fingerprint density at radius 2 is 2.14 bits per heavy atom. The Balaban J connectivity index is 1.66. The summed E-state index contributed by atoms with van der Waals surface area (Å²) in [6.45, 7) is 0.912. The van der Waals surface area contributed by atoms with Crippen molar-refractivity contribution in [2.75, 3.05) is 11.9 Å². The van der Waals surface area contributed by atoms with E-state index in [1.165, 1.54) is 11.8 Å². The SMILES string of the molecule is O=C(Nc1ccnc(Sc2ccccn2)c1)C1CCCN1. The van der Waals surface area contributed by atoms with E-state index in [2.05, 4.69) is 20.6 Å². The van der Waals surface area contributed by atoms with E-state index in [1.54, 1.807) is 18.5 Å². The van der Waals surface area contributed by atoms with Crippen molar-refractivity contribution in [1.82, 2.24) is 15.3 Å². The van der Waals surface area contributed by atoms with Gasteiger partial charge in [-0.25, -0.2) is 9.97 Å². The molecule has 0 saturated carbocycles. The summed E-state index contributed by atoms with van der Waals surface area (Å²) in [5.41, 5.74) is 0.766. The summed E-state index contributed by atoms with van der Waals surface area (Å²) in [6.07, 6.45) is 5.39. The summed E-state index contributed by atoms with van der Waals surface area (Å²) in [4.78, 5) is 20.6. The van der Waals surface area contributed by atoms with Gasteiger partial charge in [-0.3, -0.25) is 4.79 Å². The molecule has 0 radical (unpaired) electrons. The molecular formula is C15H16N4OS. The molecule has 3 rings (SSSR count). The van der Waals surface area contributed by atoms with Crippen molar-refractivity contribution in [3.05, 3.63) is 42.7 Å². The minimum atomic E-state index is -0.0786. The third-order valence-corrected chi connectivity index (χ3v) is 4.11. The second kappa shape index (κ2) is 6.69. The van der Waals surface area contributed by atoms with Crippen molar-refractivity contribution in [3.63, 3.8) is 0 Å². The zero-order chi connectivity index (χ0) is 14.5. The molecule has 1 saturated heterocycles. The van der Waals surface area contributed by atoms with E-state index in [0.29, 0.717) is 0 Å². The highest BCUT2D eigenvalue weighted by Crippen LogP contribution is 2.25. The topological polar surface area (TPSA) is 66.9 Å². The van der Waals surface area contributed by atoms with E-state index in [9.17, 15) is 4.79 Å². The molecule has 0 bridgehead atoms. The van der Waals surface area contributed by atoms with E-state index < -0.39 is 0 Å². The molecule has 0 spiro atoms. The highest BCUT2D eigenvalue weighted by Gasteiger charge is 2.21. The standard InChI is InChI=1S/C15H16N4OS/c20-15(12-4-3-8-16-12)19-11-6-9-18-14(10-11)21-13-5-1-2-7-17-13/h1-2,5-7,9-10,12,16H,3-4,8H2,(H,18,19,20). The molecule has 108 valence electrons. The zero-order valence-corrected chi connectivity index (χ0v) is 12.3. The van der Waals surface area contributed by atoms with Crippen LogP contribution in [-0.4, -0.2) is 28.5 Å². The Hall–Kier alpha value is -1.92. The van der Waals surface area contributed by atoms with Crippen LogP contribution in [0, 0.1) is 0 Å². The molecule has 1 unspecified atom stereocenters. The van der Waals surface area contributed by atoms with Crippen molar-refractivity contribution >= 4 is 23.4 Å². The van der Waals surface area contributed by atoms with Crippen molar-refractivity contribution in [2.45, 2.75) is 28.9 Å². The molecule has 21 heavy (non-hydrogen) atoms. The van der Waals surface area contributed by atoms with Gasteiger partial charge in [0.2, 0.25) is 5.91 Å². The van der Waals surface area contributed by atoms with Crippen LogP contribution in [0.25, 0.3) is 0 Å². The Morgan fingerprint density at radius 1 is 1.24 bits per heavy atom. The van der Waals surface area contributed by atoms with E-state index in [0.717, 1.165) is 35.1 Å². The highest BCUT2D eigenvalue weighted by atomic mass is 32.2. The van der Waals surface area contributed by atoms with Gasteiger partial charge in [-0.2, -0.15) is 0 Å². The summed E-state index contributed by atoms with van der Waals surface area (Å²) in [5.74, 6) is 0.0208. The van der Waals surface area contributed by atoms with Crippen LogP contribution >= 0.6 is 11.8 Å². The Morgan fingerprint density at radius 3 is 2.90 bits per heavy atom. The first-order chi connectivity index (χ1) is 10.3. The van der Waals surface area contributed by atoms with Crippen LogP contribution in [0.2, 0.25) is 0 Å². The van der Waals surface area contributed by atoms with Crippen LogP contribution in [-0.2, 0) is 4.79 Å². The third kappa shape index (κ3) is 3.80. The molecule has 1 amide bonds. The Labute approximate surface area is 127 Å². The minimum absolute atomic E-state index is 0.0208. The number of rotatable bonds is 4. The van der Waals surface area contributed by atoms with Crippen LogP contribution in [0.4, 0.5) is 5.69 Å². The molecule has 1 aliphatic heterocycles. The number of carbonyl (C=O) groups excluding carboxylic acids is 1. The van der Waals surface area contributed by atoms with Gasteiger partial charge in [-0.05, 0) is 43.7 Å². The van der Waals surface area contributed by atoms with E-state index in [1.807, 2.05) is 24.3 Å². The molecule has 5 nitrogen and oxygen atoms in total. The molecule has 1 aliphatic rings. The molecular weight excluding hydrogens is 284 g/mol. The minimum Gasteiger partial charge on any atom is -0.325 e. The fourth-order valence-corrected chi connectivity index (χ4v) is 2.97. The smallest absolute Gasteiger partial charge is 0.241 e. The molecule has 0 aromatic carbocycles. The normalized spacial score (nSPS) is 17.6. The first-order valence-electron chi connectivity index (χ1n) is 6.90. The molecule has 1 atom stereocenters. The zero-order valence-electron chi connectivity index (χ0n) is 11.5. The van der Waals surface area contributed by atoms with Crippen molar-refractivity contribution < 1.29 is 4.79 Å². The average molecular weight is 300 g/mol. The summed E-state index contributed by atoms with van der Waals surface area (Å²) >= 11 is 1.47. The molecule has 0 aliphatic carbocycles. The van der Waals surface area contributed by atoms with Gasteiger partial charge in [0.05, 0.1) is 6.04 Å². The Bertz CT molecular complexity index is 614. The van der Waals surface area contributed by atoms with Crippen molar-refractivity contribution in [3.8, 4) is 0 Å². The lowest BCUT2D eigenvalue weighted by Crippen LogP contribution is -2.35. The molecule has 2 N–H and O–H groups in total. The van der Waals surface area contributed by atoms with Gasteiger partial charge in [-0.15, -0.1) is 0 Å². The van der Waals surface area contributed by atoms with Gasteiger partial charge in [0.25, 0.3) is 0 Å². The second-order valence-corrected chi connectivity index (χ2v) is 5.83. The first kappa shape index (κ1) is 14.0. The fourth-order valence-electron chi connectivity index (χ4n) is 2.20. The maximum atomic E-state index is 12.1. The average Bonchev–Trinajstić information content (AvgIpc) is 3.03. The van der Waals surface area contributed by atoms with E-state index >= 15 is 0 Å². The number of carbonyl (C=O) groups is 1. The molecule has 6 heteroatoms. The number of hydrogen-bond acceptors (Lipinski definition) is 5. The number of aromatic nitrogens is 2. The summed E-state index contributed by atoms with van der Waals surface area (Å²) in [6, 6.07) is 9.34. The largest absolute Gasteiger partial charge is 0.325 e. The van der Waals surface area contributed by atoms with Crippen LogP contribution in [0.5, 0.6) is 0 Å². The van der Waals surface area contributed by atoms with Crippen molar-refractivity contribution in [1.29, 1.82) is 0 Å². The second-order valence-electron chi connectivity index (χ2n) is 4.79. The number of nitrogens with one attached hydrogen (secondary N) is 2. The molecule has 3 heterocycles. The van der Waals surface area contributed by atoms with Gasteiger partial charge in [0.15, 0.2) is 0 Å². The fraction of sp³-hybridized carbons (Fsp3) is 0.267. The monoisotopic (exact) mass is 300 g/mol. The predicted molar refractivity (Wildman–Crippen MR) is 82.3 cm³/mol. The van der Waals surface area contributed by atoms with Crippen molar-refractivity contribution in [2.24, 2.45) is 0 Å². The Kier molecular flexibility index (Phi) is 4.47. The van der Waals surface area contributed by atoms with Crippen LogP contribution in [0.1, 0.15) is 12.8 Å². The number of amides is 1. The molecule has 2 aromatic heterocycles. The third-order valence-electron chi connectivity index (χ3n) is 3.23. The van der Waals surface area contributed by atoms with Gasteiger partial charge in [0, 0.05) is 18.1 Å². The van der Waals surface area contributed by atoms with Crippen LogP contribution in [0.3, 0.4) is 0 Å². The van der Waals surface area contributed by atoms with Crippen LogP contribution in [0.15, 0.2) is 52.8 Å². The highest BCUT2D eigenvalue weighted by molar-refractivity contribution is 7.99.